The average molecular weight is 274 g/mol. The lowest BCUT2D eigenvalue weighted by Gasteiger charge is -2.18. The fraction of sp³-hybridized carbons (Fsp3) is 0.500. The number of amides is 1. The van der Waals surface area contributed by atoms with Gasteiger partial charge < -0.3 is 10.4 Å². The first-order chi connectivity index (χ1) is 9.44. The number of carbonyl (C=O) groups is 1. The third-order valence-corrected chi connectivity index (χ3v) is 2.64. The van der Waals surface area contributed by atoms with Gasteiger partial charge in [-0.3, -0.25) is 4.79 Å². The normalized spacial score (nSPS) is 10.6. The fourth-order valence-electron chi connectivity index (χ4n) is 1.54. The van der Waals surface area contributed by atoms with Gasteiger partial charge in [0.05, 0.1) is 12.2 Å². The van der Waals surface area contributed by atoms with E-state index < -0.39 is 0 Å². The standard InChI is InChI=1S/C16H22N2O2/c1-16(2,3)9-11-18-15(20)14-13(7-4-5-12-19)8-6-10-17-14/h6,8,10,19H,5,9,11-12H2,1-3H3,(H,18,20). The second kappa shape index (κ2) is 7.66. The van der Waals surface area contributed by atoms with Crippen molar-refractivity contribution >= 4 is 5.91 Å². The van der Waals surface area contributed by atoms with Gasteiger partial charge in [0.25, 0.3) is 5.91 Å². The number of nitrogens with zero attached hydrogens (tertiary/aromatic N) is 1. The number of pyridine rings is 1. The van der Waals surface area contributed by atoms with Gasteiger partial charge in [0.2, 0.25) is 0 Å². The van der Waals surface area contributed by atoms with Gasteiger partial charge in [0.15, 0.2) is 0 Å². The lowest BCUT2D eigenvalue weighted by atomic mass is 9.92. The number of aliphatic hydroxyl groups excluding tert-OH is 1. The number of aromatic nitrogens is 1. The number of rotatable bonds is 4. The van der Waals surface area contributed by atoms with Crippen molar-refractivity contribution < 1.29 is 9.90 Å². The largest absolute Gasteiger partial charge is 0.395 e. The van der Waals surface area contributed by atoms with Crippen LogP contribution in [0.15, 0.2) is 18.3 Å². The molecule has 0 bridgehead atoms. The molecule has 0 aliphatic rings. The Bertz CT molecular complexity index is 507. The van der Waals surface area contributed by atoms with Crippen molar-refractivity contribution in [3.05, 3.63) is 29.6 Å². The molecule has 1 aromatic heterocycles. The van der Waals surface area contributed by atoms with Crippen molar-refractivity contribution in [2.45, 2.75) is 33.6 Å². The molecule has 0 aliphatic carbocycles. The molecule has 0 saturated carbocycles. The summed E-state index contributed by atoms with van der Waals surface area (Å²) in [6, 6.07) is 3.50. The first-order valence-electron chi connectivity index (χ1n) is 6.77. The van der Waals surface area contributed by atoms with Crippen LogP contribution in [0.3, 0.4) is 0 Å². The minimum absolute atomic E-state index is 0.0143. The van der Waals surface area contributed by atoms with Crippen molar-refractivity contribution in [3.8, 4) is 11.8 Å². The SMILES string of the molecule is CC(C)(C)CCNC(=O)c1ncccc1C#CCCO. The molecule has 1 heterocycles. The number of nitrogens with one attached hydrogen (secondary N) is 1. The molecule has 0 aromatic carbocycles. The maximum absolute atomic E-state index is 12.1. The van der Waals surface area contributed by atoms with Crippen LogP contribution in [0.1, 0.15) is 49.7 Å². The molecule has 0 aliphatic heterocycles. The Balaban J connectivity index is 2.71. The fourth-order valence-corrected chi connectivity index (χ4v) is 1.54. The number of hydrogen-bond acceptors (Lipinski definition) is 3. The van der Waals surface area contributed by atoms with Crippen LogP contribution in [0, 0.1) is 17.3 Å². The molecule has 20 heavy (non-hydrogen) atoms. The maximum atomic E-state index is 12.1. The topological polar surface area (TPSA) is 62.2 Å². The lowest BCUT2D eigenvalue weighted by molar-refractivity contribution is 0.0944. The second-order valence-corrected chi connectivity index (χ2v) is 5.74. The van der Waals surface area contributed by atoms with E-state index in [4.69, 9.17) is 5.11 Å². The molecule has 1 aromatic rings. The summed E-state index contributed by atoms with van der Waals surface area (Å²) in [5, 5.41) is 11.6. The van der Waals surface area contributed by atoms with Crippen molar-refractivity contribution in [2.75, 3.05) is 13.2 Å². The summed E-state index contributed by atoms with van der Waals surface area (Å²) in [6.45, 7) is 7.02. The van der Waals surface area contributed by atoms with Crippen LogP contribution in [0.2, 0.25) is 0 Å². The summed E-state index contributed by atoms with van der Waals surface area (Å²) in [4.78, 5) is 16.2. The predicted molar refractivity (Wildman–Crippen MR) is 79.2 cm³/mol. The van der Waals surface area contributed by atoms with Crippen LogP contribution in [-0.4, -0.2) is 29.1 Å². The zero-order chi connectivity index (χ0) is 15.0. The van der Waals surface area contributed by atoms with Crippen LogP contribution >= 0.6 is 0 Å². The van der Waals surface area contributed by atoms with E-state index in [1.54, 1.807) is 18.3 Å². The zero-order valence-corrected chi connectivity index (χ0v) is 12.4. The van der Waals surface area contributed by atoms with Gasteiger partial charge >= 0.3 is 0 Å². The Kier molecular flexibility index (Phi) is 6.20. The summed E-state index contributed by atoms with van der Waals surface area (Å²) in [5.41, 5.74) is 1.11. The van der Waals surface area contributed by atoms with E-state index in [2.05, 4.69) is 42.9 Å². The van der Waals surface area contributed by atoms with Gasteiger partial charge in [-0.15, -0.1) is 0 Å². The highest BCUT2D eigenvalue weighted by molar-refractivity contribution is 5.94. The molecule has 4 heteroatoms. The molecule has 2 N–H and O–H groups in total. The van der Waals surface area contributed by atoms with Gasteiger partial charge in [-0.1, -0.05) is 32.6 Å². The van der Waals surface area contributed by atoms with E-state index in [1.165, 1.54) is 0 Å². The lowest BCUT2D eigenvalue weighted by Crippen LogP contribution is -2.28. The summed E-state index contributed by atoms with van der Waals surface area (Å²) < 4.78 is 0. The maximum Gasteiger partial charge on any atom is 0.271 e. The van der Waals surface area contributed by atoms with Crippen LogP contribution in [0.4, 0.5) is 0 Å². The van der Waals surface area contributed by atoms with E-state index in [1.807, 2.05) is 0 Å². The quantitative estimate of drug-likeness (QED) is 0.825. The molecule has 1 amide bonds. The Morgan fingerprint density at radius 1 is 1.45 bits per heavy atom. The summed E-state index contributed by atoms with van der Waals surface area (Å²) >= 11 is 0. The van der Waals surface area contributed by atoms with Gasteiger partial charge in [-0.25, -0.2) is 4.98 Å². The van der Waals surface area contributed by atoms with E-state index in [9.17, 15) is 4.79 Å². The molecule has 0 radical (unpaired) electrons. The van der Waals surface area contributed by atoms with E-state index >= 15 is 0 Å². The van der Waals surface area contributed by atoms with Crippen molar-refractivity contribution in [3.63, 3.8) is 0 Å². The second-order valence-electron chi connectivity index (χ2n) is 5.74. The molecule has 0 saturated heterocycles. The Morgan fingerprint density at radius 2 is 2.20 bits per heavy atom. The summed E-state index contributed by atoms with van der Waals surface area (Å²) in [7, 11) is 0. The summed E-state index contributed by atoms with van der Waals surface area (Å²) in [5.74, 6) is 5.47. The third kappa shape index (κ3) is 5.85. The number of hydrogen-bond donors (Lipinski definition) is 2. The predicted octanol–water partition coefficient (Wildman–Crippen LogP) is 1.98. The van der Waals surface area contributed by atoms with Gasteiger partial charge in [0.1, 0.15) is 5.69 Å². The molecular weight excluding hydrogens is 252 g/mol. The van der Waals surface area contributed by atoms with Gasteiger partial charge in [-0.05, 0) is 24.0 Å². The summed E-state index contributed by atoms with van der Waals surface area (Å²) in [6.07, 6.45) is 2.87. The molecule has 1 rings (SSSR count). The molecule has 0 fully saturated rings. The third-order valence-electron chi connectivity index (χ3n) is 2.64. The van der Waals surface area contributed by atoms with E-state index in [0.717, 1.165) is 6.42 Å². The number of carbonyl (C=O) groups excluding carboxylic acids is 1. The van der Waals surface area contributed by atoms with Crippen LogP contribution in [0.25, 0.3) is 0 Å². The molecule has 0 unspecified atom stereocenters. The smallest absolute Gasteiger partial charge is 0.271 e. The van der Waals surface area contributed by atoms with E-state index in [0.29, 0.717) is 24.2 Å². The molecule has 0 atom stereocenters. The highest BCUT2D eigenvalue weighted by Gasteiger charge is 2.13. The van der Waals surface area contributed by atoms with Crippen LogP contribution < -0.4 is 5.32 Å². The molecule has 0 spiro atoms. The Morgan fingerprint density at radius 3 is 2.85 bits per heavy atom. The molecule has 4 nitrogen and oxygen atoms in total. The van der Waals surface area contributed by atoms with Crippen LogP contribution in [0.5, 0.6) is 0 Å². The van der Waals surface area contributed by atoms with E-state index in [-0.39, 0.29) is 17.9 Å². The minimum atomic E-state index is -0.205. The zero-order valence-electron chi connectivity index (χ0n) is 12.4. The van der Waals surface area contributed by atoms with Gasteiger partial charge in [-0.2, -0.15) is 0 Å². The van der Waals surface area contributed by atoms with Crippen molar-refractivity contribution in [2.24, 2.45) is 5.41 Å². The monoisotopic (exact) mass is 274 g/mol. The minimum Gasteiger partial charge on any atom is -0.395 e. The van der Waals surface area contributed by atoms with Crippen LogP contribution in [-0.2, 0) is 0 Å². The first-order valence-corrected chi connectivity index (χ1v) is 6.77. The molecule has 108 valence electrons. The average Bonchev–Trinajstić information content (AvgIpc) is 2.38. The highest BCUT2D eigenvalue weighted by Crippen LogP contribution is 2.17. The van der Waals surface area contributed by atoms with Crippen molar-refractivity contribution in [1.82, 2.24) is 10.3 Å². The Labute approximate surface area is 120 Å². The van der Waals surface area contributed by atoms with Gasteiger partial charge in [0, 0.05) is 19.2 Å². The molecular formula is C16H22N2O2. The first kappa shape index (κ1) is 16.2. The Hall–Kier alpha value is -1.86. The van der Waals surface area contributed by atoms with Crippen molar-refractivity contribution in [1.29, 1.82) is 0 Å². The number of aliphatic hydroxyl groups is 1. The highest BCUT2D eigenvalue weighted by atomic mass is 16.2.